The Labute approximate surface area is 184 Å². The number of hydrogen-bond acceptors (Lipinski definition) is 12. The topological polar surface area (TPSA) is 269 Å². The van der Waals surface area contributed by atoms with Crippen LogP contribution in [0.4, 0.5) is 0 Å². The third kappa shape index (κ3) is 47800. The summed E-state index contributed by atoms with van der Waals surface area (Å²) < 4.78 is 49.5. The first kappa shape index (κ1) is 76.3. The van der Waals surface area contributed by atoms with E-state index in [9.17, 15) is 0 Å². The Kier molecular flexibility index (Phi) is 824. The summed E-state index contributed by atoms with van der Waals surface area (Å²) in [7, 11) is -3.00. The van der Waals surface area contributed by atoms with Gasteiger partial charge >= 0.3 is 180 Å². The molecule has 0 spiro atoms. The van der Waals surface area contributed by atoms with Gasteiger partial charge in [-0.1, -0.05) is 0 Å². The van der Waals surface area contributed by atoms with Crippen molar-refractivity contribution >= 4 is 44.1 Å². The van der Waals surface area contributed by atoms with Gasteiger partial charge in [-0.15, -0.1) is 0 Å². The van der Waals surface area contributed by atoms with Gasteiger partial charge in [0, 0.05) is 0 Å². The summed E-state index contributed by atoms with van der Waals surface area (Å²) >= 11 is 0. The minimum Gasteiger partial charge on any atom is -2.00 e. The second-order valence-corrected chi connectivity index (χ2v) is 0.577. The minimum absolute atomic E-state index is 0. The van der Waals surface area contributed by atoms with Crippen molar-refractivity contribution in [3.63, 3.8) is 0 Å². The molecule has 0 unspecified atom stereocenters. The molecule has 23 heavy (non-hydrogen) atoms. The molecular formula is B6O13Zn4. The molecular weight excluding hydrogens is 534 g/mol. The van der Waals surface area contributed by atoms with Crippen molar-refractivity contribution in [2.45, 2.75) is 0 Å². The van der Waals surface area contributed by atoms with E-state index in [1.165, 1.54) is 0 Å². The van der Waals surface area contributed by atoms with Gasteiger partial charge in [0.05, 0.1) is 0 Å². The van der Waals surface area contributed by atoms with E-state index in [0.29, 0.717) is 0 Å². The molecule has 23 heteroatoms. The summed E-state index contributed by atoms with van der Waals surface area (Å²) in [5.74, 6) is 0. The standard InChI is InChI=1S/6BO2.O.4Zn/c6*2-1-3;;;;;/q6*-1;-2;4*+2. The fourth-order valence-electron chi connectivity index (χ4n) is 0. The van der Waals surface area contributed by atoms with Gasteiger partial charge < -0.3 is 5.48 Å². The molecule has 0 atom stereocenters. The molecule has 0 rings (SSSR count). The first-order valence-corrected chi connectivity index (χ1v) is 2.83. The molecule has 0 aromatic carbocycles. The largest absolute Gasteiger partial charge is 2.00 e. The maximum absolute atomic E-state index is 8.25. The van der Waals surface area contributed by atoms with Crippen molar-refractivity contribution in [3.8, 4) is 0 Å². The molecule has 0 aliphatic heterocycles. The van der Waals surface area contributed by atoms with Crippen LogP contribution < -0.4 is 30.1 Å². The number of rotatable bonds is 0. The molecule has 13 nitrogen and oxygen atoms in total. The van der Waals surface area contributed by atoms with Gasteiger partial charge in [-0.3, -0.25) is 0 Å². The first-order chi connectivity index (χ1) is 8.49. The van der Waals surface area contributed by atoms with E-state index in [2.05, 4.69) is 0 Å². The van der Waals surface area contributed by atoms with Gasteiger partial charge in [-0.2, -0.15) is 0 Å². The minimum atomic E-state index is -0.500. The number of hydrogen-bond donors (Lipinski definition) is 0. The van der Waals surface area contributed by atoms with E-state index in [1.54, 1.807) is 0 Å². The van der Waals surface area contributed by atoms with Gasteiger partial charge in [-0.05, 0) is 0 Å². The second-order valence-electron chi connectivity index (χ2n) is 0.577. The monoisotopic (exact) mass is 530 g/mol. The zero-order valence-electron chi connectivity index (χ0n) is 11.6. The molecule has 0 aliphatic carbocycles. The van der Waals surface area contributed by atoms with Crippen molar-refractivity contribution < 1.29 is 142 Å². The Hall–Kier alpha value is 0.443. The van der Waals surface area contributed by atoms with Crippen LogP contribution in [0.25, 0.3) is 0 Å². The molecule has 0 saturated carbocycles. The fraction of sp³-hybridized carbons (Fsp3) is 0. The summed E-state index contributed by atoms with van der Waals surface area (Å²) in [5.41, 5.74) is 0. The van der Waals surface area contributed by atoms with Crippen molar-refractivity contribution in [2.24, 2.45) is 0 Å². The van der Waals surface area contributed by atoms with Crippen LogP contribution in [-0.4, -0.2) is 44.1 Å². The Morgan fingerprint density at radius 3 is 0.348 bits per heavy atom. The van der Waals surface area contributed by atoms with Crippen LogP contribution >= 0.6 is 0 Å². The zero-order chi connectivity index (χ0) is 16.2. The van der Waals surface area contributed by atoms with E-state index in [1.807, 2.05) is 0 Å². The van der Waals surface area contributed by atoms with Crippen LogP contribution in [0.5, 0.6) is 0 Å². The van der Waals surface area contributed by atoms with Gasteiger partial charge in [0.25, 0.3) is 0 Å². The molecule has 0 N–H and O–H groups in total. The summed E-state index contributed by atoms with van der Waals surface area (Å²) in [5, 5.41) is 49.5. The van der Waals surface area contributed by atoms with Crippen molar-refractivity contribution in [3.05, 3.63) is 0 Å². The summed E-state index contributed by atoms with van der Waals surface area (Å²) in [4.78, 5) is 0. The molecule has 104 valence electrons. The smallest absolute Gasteiger partial charge is 2.00 e. The van der Waals surface area contributed by atoms with Gasteiger partial charge in [0.15, 0.2) is 0 Å². The van der Waals surface area contributed by atoms with Crippen molar-refractivity contribution in [1.29, 1.82) is 0 Å². The van der Waals surface area contributed by atoms with Crippen LogP contribution in [0.15, 0.2) is 0 Å². The van der Waals surface area contributed by atoms with Crippen LogP contribution in [0.2, 0.25) is 0 Å². The van der Waals surface area contributed by atoms with E-state index in [4.69, 9.17) is 58.4 Å². The van der Waals surface area contributed by atoms with E-state index >= 15 is 0 Å². The van der Waals surface area contributed by atoms with E-state index in [-0.39, 0.29) is 83.4 Å². The van der Waals surface area contributed by atoms with Gasteiger partial charge in [0.2, 0.25) is 0 Å². The second kappa shape index (κ2) is 249. The Balaban J connectivity index is -0.00000000800. The molecule has 0 amide bonds. The van der Waals surface area contributed by atoms with E-state index in [0.717, 1.165) is 0 Å². The predicted molar refractivity (Wildman–Crippen MR) is 39.3 cm³/mol. The SMILES string of the molecule is O=B[O-].O=B[O-].O=B[O-].O=B[O-].O=B[O-].O=B[O-].[O-2].[Zn+2].[Zn+2].[Zn+2].[Zn+2]. The Morgan fingerprint density at radius 1 is 0.348 bits per heavy atom. The van der Waals surface area contributed by atoms with Gasteiger partial charge in [0.1, 0.15) is 0 Å². The normalized spacial score (nSPS) is 2.09. The molecule has 0 aromatic heterocycles. The Morgan fingerprint density at radius 2 is 0.348 bits per heavy atom. The molecule has 0 bridgehead atoms. The summed E-state index contributed by atoms with van der Waals surface area (Å²) in [6.07, 6.45) is 0. The first-order valence-electron chi connectivity index (χ1n) is 2.83. The summed E-state index contributed by atoms with van der Waals surface area (Å²) in [6, 6.07) is 0. The zero-order valence-corrected chi connectivity index (χ0v) is 23.5. The van der Waals surface area contributed by atoms with Crippen molar-refractivity contribution in [1.82, 2.24) is 0 Å². The van der Waals surface area contributed by atoms with Crippen LogP contribution in [-0.2, 0) is 112 Å². The van der Waals surface area contributed by atoms with E-state index < -0.39 is 44.1 Å². The quantitative estimate of drug-likeness (QED) is 0.262. The van der Waals surface area contributed by atoms with Crippen LogP contribution in [0.3, 0.4) is 0 Å². The van der Waals surface area contributed by atoms with Gasteiger partial charge in [-0.25, -0.2) is 0 Å². The molecule has 0 heterocycles. The molecule has 0 fully saturated rings. The third-order valence-corrected chi connectivity index (χ3v) is 0. The average Bonchev–Trinajstić information content (AvgIpc) is 2.23. The molecule has 0 radical (unpaired) electrons. The summed E-state index contributed by atoms with van der Waals surface area (Å²) in [6.45, 7) is 0. The fourth-order valence-corrected chi connectivity index (χ4v) is 0. The molecule has 0 aromatic rings. The Bertz CT molecular complexity index is 124. The van der Waals surface area contributed by atoms with Crippen LogP contribution in [0.1, 0.15) is 0 Å². The van der Waals surface area contributed by atoms with Crippen molar-refractivity contribution in [2.75, 3.05) is 0 Å². The predicted octanol–water partition coefficient (Wildman–Crippen LogP) is -10.3. The maximum Gasteiger partial charge on any atom is 2.00 e. The average molecular weight is 534 g/mol. The third-order valence-electron chi connectivity index (χ3n) is 0. The molecule has 0 aliphatic rings. The van der Waals surface area contributed by atoms with Crippen LogP contribution in [0, 0.1) is 0 Å². The molecule has 0 saturated heterocycles. The maximum atomic E-state index is 8.25.